The van der Waals surface area contributed by atoms with Gasteiger partial charge in [-0.15, -0.1) is 0 Å². The van der Waals surface area contributed by atoms with Crippen molar-refractivity contribution in [2.45, 2.75) is 32.7 Å². The Hall–Kier alpha value is -0.480. The average Bonchev–Trinajstić information content (AvgIpc) is 2.44. The highest BCUT2D eigenvalue weighted by molar-refractivity contribution is 8.02. The average molecular weight is 201 g/mol. The molecule has 0 amide bonds. The second kappa shape index (κ2) is 4.67. The van der Waals surface area contributed by atoms with Crippen molar-refractivity contribution >= 4 is 17.9 Å². The lowest BCUT2D eigenvalue weighted by molar-refractivity contribution is -0.131. The van der Waals surface area contributed by atoms with Crippen LogP contribution in [0, 0.1) is 0 Å². The number of hydrogen-bond donors (Lipinski definition) is 1. The van der Waals surface area contributed by atoms with Crippen LogP contribution in [0.5, 0.6) is 0 Å². The summed E-state index contributed by atoms with van der Waals surface area (Å²) in [5, 5.41) is 8.76. The molecule has 1 unspecified atom stereocenters. The van der Waals surface area contributed by atoms with E-state index in [0.717, 1.165) is 19.4 Å². The molecule has 0 aromatic carbocycles. The van der Waals surface area contributed by atoms with Crippen molar-refractivity contribution in [3.05, 3.63) is 11.0 Å². The van der Waals surface area contributed by atoms with Crippen LogP contribution in [0.2, 0.25) is 0 Å². The number of carbonyl (C=O) groups is 1. The number of carboxylic acid groups (broad SMARTS) is 1. The maximum Gasteiger partial charge on any atom is 0.343 e. The summed E-state index contributed by atoms with van der Waals surface area (Å²) in [4.78, 5) is 11.1. The van der Waals surface area contributed by atoms with Gasteiger partial charge in [-0.2, -0.15) is 0 Å². The Morgan fingerprint density at radius 1 is 1.77 bits per heavy atom. The van der Waals surface area contributed by atoms with Crippen LogP contribution in [0.15, 0.2) is 11.0 Å². The van der Waals surface area contributed by atoms with Crippen molar-refractivity contribution in [3.8, 4) is 0 Å². The van der Waals surface area contributed by atoms with Gasteiger partial charge in [0.2, 0.25) is 0 Å². The molecule has 0 bridgehead atoms. The lowest BCUT2D eigenvalue weighted by Crippen LogP contribution is -2.21. The lowest BCUT2D eigenvalue weighted by Gasteiger charge is -2.18. The Balaban J connectivity index is 2.44. The zero-order chi connectivity index (χ0) is 9.84. The van der Waals surface area contributed by atoms with Gasteiger partial charge in [0, 0.05) is 12.6 Å². The summed E-state index contributed by atoms with van der Waals surface area (Å²) >= 11 is 1.36. The maximum absolute atomic E-state index is 10.7. The summed E-state index contributed by atoms with van der Waals surface area (Å²) in [5.74, 6) is -0.809. The third-order valence-corrected chi connectivity index (χ3v) is 3.26. The standard InChI is InChI=1S/C9H15NO2S/c1-3-4-5-10-7(2)6-8(13-10)9(11)12/h6-7H,3-5H2,1-2H3,(H,11,12). The highest BCUT2D eigenvalue weighted by Gasteiger charge is 2.25. The quantitative estimate of drug-likeness (QED) is 0.707. The third-order valence-electron chi connectivity index (χ3n) is 2.01. The first-order valence-electron chi connectivity index (χ1n) is 4.55. The number of aliphatic carboxylic acids is 1. The molecule has 0 aromatic rings. The number of unbranched alkanes of at least 4 members (excludes halogenated alkanes) is 1. The summed E-state index contributed by atoms with van der Waals surface area (Å²) in [6.45, 7) is 5.13. The van der Waals surface area contributed by atoms with E-state index < -0.39 is 5.97 Å². The molecule has 0 fully saturated rings. The molecule has 4 heteroatoms. The monoisotopic (exact) mass is 201 g/mol. The largest absolute Gasteiger partial charge is 0.477 e. The van der Waals surface area contributed by atoms with Crippen LogP contribution in [-0.4, -0.2) is 28.0 Å². The number of nitrogens with zero attached hydrogens (tertiary/aromatic N) is 1. The van der Waals surface area contributed by atoms with Crippen molar-refractivity contribution in [1.29, 1.82) is 0 Å². The molecule has 1 rings (SSSR count). The second-order valence-corrected chi connectivity index (χ2v) is 4.25. The molecular weight excluding hydrogens is 186 g/mol. The first-order chi connectivity index (χ1) is 6.15. The van der Waals surface area contributed by atoms with Gasteiger partial charge >= 0.3 is 5.97 Å². The Labute approximate surface area is 82.9 Å². The number of hydrogen-bond acceptors (Lipinski definition) is 3. The molecule has 1 aliphatic heterocycles. The van der Waals surface area contributed by atoms with Crippen LogP contribution >= 0.6 is 11.9 Å². The van der Waals surface area contributed by atoms with Crippen LogP contribution in [0.25, 0.3) is 0 Å². The summed E-state index contributed by atoms with van der Waals surface area (Å²) < 4.78 is 2.12. The molecule has 0 aromatic heterocycles. The van der Waals surface area contributed by atoms with Gasteiger partial charge in [0.1, 0.15) is 4.91 Å². The zero-order valence-electron chi connectivity index (χ0n) is 7.99. The molecule has 1 heterocycles. The summed E-state index contributed by atoms with van der Waals surface area (Å²) in [6, 6.07) is 0.252. The Kier molecular flexibility index (Phi) is 3.81. The minimum Gasteiger partial charge on any atom is -0.477 e. The van der Waals surface area contributed by atoms with Gasteiger partial charge < -0.3 is 5.11 Å². The van der Waals surface area contributed by atoms with Crippen LogP contribution in [0.1, 0.15) is 26.7 Å². The fourth-order valence-corrected chi connectivity index (χ4v) is 2.25. The normalized spacial score (nSPS) is 23.2. The van der Waals surface area contributed by atoms with E-state index in [2.05, 4.69) is 11.2 Å². The van der Waals surface area contributed by atoms with E-state index in [1.807, 2.05) is 13.0 Å². The van der Waals surface area contributed by atoms with Crippen molar-refractivity contribution in [3.63, 3.8) is 0 Å². The van der Waals surface area contributed by atoms with Crippen LogP contribution < -0.4 is 0 Å². The molecule has 1 atom stereocenters. The Bertz CT molecular complexity index is 228. The van der Waals surface area contributed by atoms with Crippen LogP contribution in [-0.2, 0) is 4.79 Å². The minimum atomic E-state index is -0.809. The predicted molar refractivity (Wildman–Crippen MR) is 54.4 cm³/mol. The van der Waals surface area contributed by atoms with Crippen molar-refractivity contribution in [2.24, 2.45) is 0 Å². The van der Waals surface area contributed by atoms with E-state index >= 15 is 0 Å². The van der Waals surface area contributed by atoms with Crippen LogP contribution in [0.3, 0.4) is 0 Å². The molecule has 0 saturated heterocycles. The predicted octanol–water partition coefficient (Wildman–Crippen LogP) is 2.11. The lowest BCUT2D eigenvalue weighted by atomic mass is 10.2. The molecule has 0 saturated carbocycles. The molecule has 0 spiro atoms. The summed E-state index contributed by atoms with van der Waals surface area (Å²) in [6.07, 6.45) is 4.08. The van der Waals surface area contributed by atoms with Gasteiger partial charge in [0.15, 0.2) is 0 Å². The van der Waals surface area contributed by atoms with E-state index in [-0.39, 0.29) is 6.04 Å². The number of rotatable bonds is 4. The fraction of sp³-hybridized carbons (Fsp3) is 0.667. The van der Waals surface area contributed by atoms with E-state index in [0.29, 0.717) is 4.91 Å². The first kappa shape index (κ1) is 10.6. The molecule has 0 aliphatic carbocycles. The van der Waals surface area contributed by atoms with E-state index in [1.165, 1.54) is 11.9 Å². The van der Waals surface area contributed by atoms with Crippen molar-refractivity contribution in [2.75, 3.05) is 6.54 Å². The zero-order valence-corrected chi connectivity index (χ0v) is 8.80. The van der Waals surface area contributed by atoms with E-state index in [9.17, 15) is 4.79 Å². The van der Waals surface area contributed by atoms with Crippen molar-refractivity contribution in [1.82, 2.24) is 4.31 Å². The van der Waals surface area contributed by atoms with E-state index in [1.54, 1.807) is 0 Å². The smallest absolute Gasteiger partial charge is 0.343 e. The van der Waals surface area contributed by atoms with Gasteiger partial charge in [-0.1, -0.05) is 13.3 Å². The highest BCUT2D eigenvalue weighted by atomic mass is 32.2. The Morgan fingerprint density at radius 3 is 2.92 bits per heavy atom. The molecular formula is C9H15NO2S. The highest BCUT2D eigenvalue weighted by Crippen LogP contribution is 2.32. The minimum absolute atomic E-state index is 0.252. The summed E-state index contributed by atoms with van der Waals surface area (Å²) in [7, 11) is 0. The topological polar surface area (TPSA) is 40.5 Å². The molecule has 74 valence electrons. The maximum atomic E-state index is 10.7. The SMILES string of the molecule is CCCCN1SC(C(=O)O)=CC1C. The van der Waals surface area contributed by atoms with Gasteiger partial charge in [-0.05, 0) is 31.4 Å². The Morgan fingerprint density at radius 2 is 2.46 bits per heavy atom. The van der Waals surface area contributed by atoms with Crippen LogP contribution in [0.4, 0.5) is 0 Å². The van der Waals surface area contributed by atoms with Gasteiger partial charge in [0.05, 0.1) is 0 Å². The molecule has 0 radical (unpaired) electrons. The number of carboxylic acids is 1. The van der Waals surface area contributed by atoms with Gasteiger partial charge in [0.25, 0.3) is 0 Å². The molecule has 1 aliphatic rings. The van der Waals surface area contributed by atoms with Gasteiger partial charge in [-0.25, -0.2) is 9.10 Å². The fourth-order valence-electron chi connectivity index (χ4n) is 1.22. The van der Waals surface area contributed by atoms with Gasteiger partial charge in [-0.3, -0.25) is 0 Å². The third kappa shape index (κ3) is 2.74. The van der Waals surface area contributed by atoms with Crippen molar-refractivity contribution < 1.29 is 9.90 Å². The molecule has 1 N–H and O–H groups in total. The molecule has 3 nitrogen and oxygen atoms in total. The summed E-state index contributed by atoms with van der Waals surface area (Å²) in [5.41, 5.74) is 0. The van der Waals surface area contributed by atoms with E-state index in [4.69, 9.17) is 5.11 Å². The second-order valence-electron chi connectivity index (χ2n) is 3.16. The first-order valence-corrected chi connectivity index (χ1v) is 5.32. The molecule has 13 heavy (non-hydrogen) atoms.